The molecule has 5 N–H and O–H groups in total. The van der Waals surface area contributed by atoms with Crippen LogP contribution in [-0.4, -0.2) is 20.4 Å². The van der Waals surface area contributed by atoms with E-state index in [0.29, 0.717) is 18.5 Å². The number of nitrogens with two attached hydrogens (primary N) is 2. The van der Waals surface area contributed by atoms with Gasteiger partial charge in [0.15, 0.2) is 0 Å². The van der Waals surface area contributed by atoms with E-state index >= 15 is 0 Å². The number of carbonyl (C=O) groups is 1. The van der Waals surface area contributed by atoms with Gasteiger partial charge in [0.25, 0.3) is 0 Å². The first-order chi connectivity index (χ1) is 8.79. The Kier molecular flexibility index (Phi) is 5.46. The Morgan fingerprint density at radius 1 is 1.42 bits per heavy atom. The van der Waals surface area contributed by atoms with Gasteiger partial charge in [-0.1, -0.05) is 6.07 Å². The zero-order valence-electron chi connectivity index (χ0n) is 10.8. The van der Waals surface area contributed by atoms with Crippen LogP contribution in [0.15, 0.2) is 29.2 Å². The molecule has 1 aromatic carbocycles. The third-order valence-electron chi connectivity index (χ3n) is 2.51. The fraction of sp³-hybridized carbons (Fsp3) is 0.417. The predicted molar refractivity (Wildman–Crippen MR) is 73.9 cm³/mol. The summed E-state index contributed by atoms with van der Waals surface area (Å²) in [5.74, 6) is -0.174. The van der Waals surface area contributed by atoms with Gasteiger partial charge in [0, 0.05) is 18.2 Å². The first-order valence-corrected chi connectivity index (χ1v) is 7.52. The van der Waals surface area contributed by atoms with E-state index in [9.17, 15) is 13.2 Å². The van der Waals surface area contributed by atoms with E-state index in [1.54, 1.807) is 6.07 Å². The Hall–Kier alpha value is -1.44. The van der Waals surface area contributed by atoms with E-state index in [2.05, 4.69) is 5.32 Å². The van der Waals surface area contributed by atoms with E-state index in [4.69, 9.17) is 10.9 Å². The van der Waals surface area contributed by atoms with Crippen molar-refractivity contribution in [1.82, 2.24) is 0 Å². The standard InChI is InChI=1S/C12H19N3O3S/c1-9(13)4-2-7-12(16)15-10-5-3-6-11(8-10)19(14,17)18/h3,5-6,8-9H,2,4,7,13H2,1H3,(H,15,16)(H2,14,17,18). The monoisotopic (exact) mass is 285 g/mol. The highest BCUT2D eigenvalue weighted by atomic mass is 32.2. The third kappa shape index (κ3) is 5.82. The molecule has 0 aliphatic heterocycles. The van der Waals surface area contributed by atoms with Crippen molar-refractivity contribution in [3.05, 3.63) is 24.3 Å². The summed E-state index contributed by atoms with van der Waals surface area (Å²) in [6, 6.07) is 5.91. The molecule has 0 fully saturated rings. The van der Waals surface area contributed by atoms with Gasteiger partial charge in [-0.2, -0.15) is 0 Å². The lowest BCUT2D eigenvalue weighted by molar-refractivity contribution is -0.116. The lowest BCUT2D eigenvalue weighted by Crippen LogP contribution is -2.17. The molecule has 106 valence electrons. The van der Waals surface area contributed by atoms with Crippen LogP contribution in [0.3, 0.4) is 0 Å². The number of sulfonamides is 1. The Balaban J connectivity index is 2.60. The second-order valence-corrected chi connectivity index (χ2v) is 6.05. The van der Waals surface area contributed by atoms with Crippen molar-refractivity contribution in [2.24, 2.45) is 10.9 Å². The van der Waals surface area contributed by atoms with Crippen molar-refractivity contribution < 1.29 is 13.2 Å². The van der Waals surface area contributed by atoms with Crippen LogP contribution in [0.25, 0.3) is 0 Å². The SMILES string of the molecule is CC(N)CCCC(=O)Nc1cccc(S(N)(=O)=O)c1. The Morgan fingerprint density at radius 3 is 2.68 bits per heavy atom. The molecule has 0 heterocycles. The van der Waals surface area contributed by atoms with Crippen molar-refractivity contribution in [3.63, 3.8) is 0 Å². The third-order valence-corrected chi connectivity index (χ3v) is 3.42. The van der Waals surface area contributed by atoms with Crippen LogP contribution in [-0.2, 0) is 14.8 Å². The molecule has 0 radical (unpaired) electrons. The Morgan fingerprint density at radius 2 is 2.11 bits per heavy atom. The minimum atomic E-state index is -3.76. The van der Waals surface area contributed by atoms with E-state index in [1.165, 1.54) is 18.2 Å². The van der Waals surface area contributed by atoms with Crippen LogP contribution < -0.4 is 16.2 Å². The second kappa shape index (κ2) is 6.65. The number of benzene rings is 1. The smallest absolute Gasteiger partial charge is 0.238 e. The highest BCUT2D eigenvalue weighted by Crippen LogP contribution is 2.14. The summed E-state index contributed by atoms with van der Waals surface area (Å²) in [4.78, 5) is 11.6. The average Bonchev–Trinajstić information content (AvgIpc) is 2.27. The molecule has 1 aromatic rings. The first-order valence-electron chi connectivity index (χ1n) is 5.97. The maximum Gasteiger partial charge on any atom is 0.238 e. The highest BCUT2D eigenvalue weighted by molar-refractivity contribution is 7.89. The van der Waals surface area contributed by atoms with E-state index in [1.807, 2.05) is 6.92 Å². The second-order valence-electron chi connectivity index (χ2n) is 4.49. The molecule has 6 nitrogen and oxygen atoms in total. The summed E-state index contributed by atoms with van der Waals surface area (Å²) in [6.45, 7) is 1.88. The maximum atomic E-state index is 11.6. The van der Waals surface area contributed by atoms with Crippen molar-refractivity contribution in [1.29, 1.82) is 0 Å². The number of rotatable bonds is 6. The molecule has 0 saturated heterocycles. The van der Waals surface area contributed by atoms with Crippen molar-refractivity contribution in [3.8, 4) is 0 Å². The number of nitrogens with one attached hydrogen (secondary N) is 1. The predicted octanol–water partition coefficient (Wildman–Crippen LogP) is 0.790. The Bertz CT molecular complexity index is 541. The molecule has 1 rings (SSSR count). The van der Waals surface area contributed by atoms with E-state index in [0.717, 1.165) is 6.42 Å². The summed E-state index contributed by atoms with van der Waals surface area (Å²) in [5, 5.41) is 7.64. The Labute approximate surface area is 113 Å². The van der Waals surface area contributed by atoms with Crippen molar-refractivity contribution >= 4 is 21.6 Å². The first kappa shape index (κ1) is 15.6. The molecule has 0 aliphatic rings. The van der Waals surface area contributed by atoms with E-state index < -0.39 is 10.0 Å². The molecule has 0 spiro atoms. The van der Waals surface area contributed by atoms with Gasteiger partial charge in [-0.25, -0.2) is 13.6 Å². The van der Waals surface area contributed by atoms with Crippen LogP contribution in [0, 0.1) is 0 Å². The number of hydrogen-bond donors (Lipinski definition) is 3. The summed E-state index contributed by atoms with van der Waals surface area (Å²) in [7, 11) is -3.76. The summed E-state index contributed by atoms with van der Waals surface area (Å²) in [6.07, 6.45) is 1.81. The van der Waals surface area contributed by atoms with Crippen molar-refractivity contribution in [2.45, 2.75) is 37.1 Å². The van der Waals surface area contributed by atoms with Crippen LogP contribution in [0.4, 0.5) is 5.69 Å². The van der Waals surface area contributed by atoms with Gasteiger partial charge in [-0.05, 0) is 38.0 Å². The molecule has 1 amide bonds. The number of amides is 1. The number of primary sulfonamides is 1. The van der Waals surface area contributed by atoms with Gasteiger partial charge in [-0.15, -0.1) is 0 Å². The molecule has 19 heavy (non-hydrogen) atoms. The molecule has 1 unspecified atom stereocenters. The molecule has 7 heteroatoms. The summed E-state index contributed by atoms with van der Waals surface area (Å²) >= 11 is 0. The van der Waals surface area contributed by atoms with Crippen LogP contribution in [0.1, 0.15) is 26.2 Å². The highest BCUT2D eigenvalue weighted by Gasteiger charge is 2.09. The lowest BCUT2D eigenvalue weighted by Gasteiger charge is -2.07. The van der Waals surface area contributed by atoms with Crippen LogP contribution in [0.2, 0.25) is 0 Å². The lowest BCUT2D eigenvalue weighted by atomic mass is 10.1. The number of carbonyl (C=O) groups excluding carboxylic acids is 1. The molecule has 0 saturated carbocycles. The molecule has 1 atom stereocenters. The number of hydrogen-bond acceptors (Lipinski definition) is 4. The van der Waals surface area contributed by atoms with Crippen molar-refractivity contribution in [2.75, 3.05) is 5.32 Å². The summed E-state index contributed by atoms with van der Waals surface area (Å²) in [5.41, 5.74) is 6.00. The minimum Gasteiger partial charge on any atom is -0.328 e. The van der Waals surface area contributed by atoms with Gasteiger partial charge in [-0.3, -0.25) is 4.79 Å². The average molecular weight is 285 g/mol. The molecule has 0 aliphatic carbocycles. The molecule has 0 bridgehead atoms. The maximum absolute atomic E-state index is 11.6. The zero-order chi connectivity index (χ0) is 14.5. The summed E-state index contributed by atoms with van der Waals surface area (Å²) < 4.78 is 22.3. The van der Waals surface area contributed by atoms with Gasteiger partial charge in [0.1, 0.15) is 0 Å². The van der Waals surface area contributed by atoms with Crippen LogP contribution >= 0.6 is 0 Å². The quantitative estimate of drug-likeness (QED) is 0.716. The zero-order valence-corrected chi connectivity index (χ0v) is 11.6. The number of anilines is 1. The molecule has 0 aromatic heterocycles. The van der Waals surface area contributed by atoms with Crippen LogP contribution in [0.5, 0.6) is 0 Å². The topological polar surface area (TPSA) is 115 Å². The fourth-order valence-corrected chi connectivity index (χ4v) is 2.12. The van der Waals surface area contributed by atoms with Gasteiger partial charge in [0.2, 0.25) is 15.9 Å². The van der Waals surface area contributed by atoms with E-state index in [-0.39, 0.29) is 16.8 Å². The minimum absolute atomic E-state index is 0.0270. The molecular formula is C12H19N3O3S. The largest absolute Gasteiger partial charge is 0.328 e. The van der Waals surface area contributed by atoms with Gasteiger partial charge >= 0.3 is 0 Å². The molecular weight excluding hydrogens is 266 g/mol. The fourth-order valence-electron chi connectivity index (χ4n) is 1.56. The van der Waals surface area contributed by atoms with Gasteiger partial charge < -0.3 is 11.1 Å². The van der Waals surface area contributed by atoms with Gasteiger partial charge in [0.05, 0.1) is 4.90 Å². The normalized spacial score (nSPS) is 13.0.